The van der Waals surface area contributed by atoms with E-state index in [0.29, 0.717) is 53.8 Å². The Hall–Kier alpha value is -0.980. The zero-order valence-electron chi connectivity index (χ0n) is 24.1. The number of carbonyl (C=O) groups excluding carboxylic acids is 2. The number of likely N-dealkylation sites (N-methyl/N-ethyl adjacent to an activating group) is 1. The van der Waals surface area contributed by atoms with Crippen LogP contribution in [0, 0.1) is 52.3 Å². The van der Waals surface area contributed by atoms with Gasteiger partial charge in [-0.25, -0.2) is 0 Å². The summed E-state index contributed by atoms with van der Waals surface area (Å²) in [5.41, 5.74) is -0.235. The van der Waals surface area contributed by atoms with E-state index in [2.05, 4.69) is 38.3 Å². The first-order chi connectivity index (χ1) is 17.5. The minimum Gasteiger partial charge on any atom is -0.357 e. The second kappa shape index (κ2) is 9.02. The fraction of sp³-hybridized carbons (Fsp3) is 0.935. The van der Waals surface area contributed by atoms with Crippen LogP contribution in [0.4, 0.5) is 0 Å². The molecule has 6 heteroatoms. The normalized spacial score (nSPS) is 52.9. The maximum absolute atomic E-state index is 14.3. The van der Waals surface area contributed by atoms with Crippen molar-refractivity contribution in [2.24, 2.45) is 52.3 Å². The third-order valence-corrected chi connectivity index (χ3v) is 12.8. The molecule has 2 N–H and O–H groups in total. The van der Waals surface area contributed by atoms with Crippen LogP contribution in [0.5, 0.6) is 0 Å². The van der Waals surface area contributed by atoms with Gasteiger partial charge in [-0.1, -0.05) is 27.7 Å². The van der Waals surface area contributed by atoms with Gasteiger partial charge in [0.15, 0.2) is 0 Å². The summed E-state index contributed by atoms with van der Waals surface area (Å²) in [5, 5.41) is 7.13. The molecule has 6 fully saturated rings. The molecule has 0 aromatic rings. The number of fused-ring (bicyclic) bond motifs is 7. The maximum atomic E-state index is 14.3. The van der Waals surface area contributed by atoms with Gasteiger partial charge in [0.05, 0.1) is 12.6 Å². The zero-order valence-corrected chi connectivity index (χ0v) is 24.1. The summed E-state index contributed by atoms with van der Waals surface area (Å²) >= 11 is 0. The van der Waals surface area contributed by atoms with Crippen LogP contribution in [0.2, 0.25) is 0 Å². The van der Waals surface area contributed by atoms with Gasteiger partial charge in [0.2, 0.25) is 5.91 Å². The van der Waals surface area contributed by atoms with E-state index < -0.39 is 0 Å². The molecule has 2 heterocycles. The van der Waals surface area contributed by atoms with E-state index in [1.165, 1.54) is 19.3 Å². The van der Waals surface area contributed by atoms with Crippen molar-refractivity contribution in [3.05, 3.63) is 0 Å². The molecule has 208 valence electrons. The third kappa shape index (κ3) is 3.89. The van der Waals surface area contributed by atoms with Gasteiger partial charge in [-0.05, 0) is 100 Å². The zero-order chi connectivity index (χ0) is 26.3. The van der Waals surface area contributed by atoms with Crippen molar-refractivity contribution in [1.29, 1.82) is 0 Å². The van der Waals surface area contributed by atoms with Crippen LogP contribution >= 0.6 is 0 Å². The average molecular weight is 514 g/mol. The van der Waals surface area contributed by atoms with Crippen LogP contribution in [0.15, 0.2) is 0 Å². The summed E-state index contributed by atoms with van der Waals surface area (Å²) < 4.78 is 6.96. The lowest BCUT2D eigenvalue weighted by Gasteiger charge is -2.60. The van der Waals surface area contributed by atoms with E-state index >= 15 is 0 Å². The SMILES string of the molecule is C[C@@H]1CC[C@@]2(NC1)O[C@H]1C[C@H]3[C@@H]4CC[C@H]5CC(NC(=O)CN(C)C)CC[C@]5(C)[C@H]4CC(=O)[C@]3(C)[C@H]1[C@@H]2C. The Bertz CT molecular complexity index is 929. The second-order valence-corrected chi connectivity index (χ2v) is 15.0. The molecule has 6 aliphatic rings. The van der Waals surface area contributed by atoms with E-state index in [1.54, 1.807) is 0 Å². The number of hydrogen-bond acceptors (Lipinski definition) is 5. The smallest absolute Gasteiger partial charge is 0.234 e. The monoisotopic (exact) mass is 513 g/mol. The highest BCUT2D eigenvalue weighted by Gasteiger charge is 2.71. The first kappa shape index (κ1) is 26.3. The number of amides is 1. The Morgan fingerprint density at radius 2 is 1.86 bits per heavy atom. The lowest BCUT2D eigenvalue weighted by atomic mass is 9.44. The number of nitrogens with zero attached hydrogens (tertiary/aromatic N) is 1. The fourth-order valence-electron chi connectivity index (χ4n) is 10.8. The maximum Gasteiger partial charge on any atom is 0.234 e. The topological polar surface area (TPSA) is 70.7 Å². The molecule has 4 aliphatic carbocycles. The quantitative estimate of drug-likeness (QED) is 0.591. The van der Waals surface area contributed by atoms with Crippen LogP contribution in [-0.4, -0.2) is 61.6 Å². The van der Waals surface area contributed by atoms with Crippen molar-refractivity contribution in [2.75, 3.05) is 27.2 Å². The van der Waals surface area contributed by atoms with Crippen molar-refractivity contribution in [3.8, 4) is 0 Å². The van der Waals surface area contributed by atoms with Gasteiger partial charge >= 0.3 is 0 Å². The van der Waals surface area contributed by atoms with Crippen molar-refractivity contribution in [2.45, 2.75) is 103 Å². The predicted octanol–water partition coefficient (Wildman–Crippen LogP) is 4.23. The number of nitrogens with one attached hydrogen (secondary N) is 2. The van der Waals surface area contributed by atoms with Gasteiger partial charge in [0.1, 0.15) is 11.5 Å². The van der Waals surface area contributed by atoms with Crippen molar-refractivity contribution in [1.82, 2.24) is 15.5 Å². The summed E-state index contributed by atoms with van der Waals surface area (Å²) in [7, 11) is 3.89. The van der Waals surface area contributed by atoms with Crippen LogP contribution in [0.25, 0.3) is 0 Å². The Balaban J connectivity index is 1.19. The lowest BCUT2D eigenvalue weighted by molar-refractivity contribution is -0.160. The van der Waals surface area contributed by atoms with Crippen LogP contribution in [0.3, 0.4) is 0 Å². The van der Waals surface area contributed by atoms with E-state index in [4.69, 9.17) is 4.74 Å². The number of ether oxygens (including phenoxy) is 1. The Labute approximate surface area is 224 Å². The van der Waals surface area contributed by atoms with E-state index in [0.717, 1.165) is 45.1 Å². The molecule has 0 radical (unpaired) electrons. The molecular weight excluding hydrogens is 462 g/mol. The van der Waals surface area contributed by atoms with Crippen molar-refractivity contribution >= 4 is 11.7 Å². The van der Waals surface area contributed by atoms with Gasteiger partial charge in [-0.3, -0.25) is 14.9 Å². The molecule has 2 aliphatic heterocycles. The Morgan fingerprint density at radius 1 is 1.08 bits per heavy atom. The molecule has 1 amide bonds. The molecule has 1 spiro atoms. The van der Waals surface area contributed by atoms with Crippen molar-refractivity contribution in [3.63, 3.8) is 0 Å². The minimum atomic E-state index is -0.236. The molecule has 37 heavy (non-hydrogen) atoms. The fourth-order valence-corrected chi connectivity index (χ4v) is 10.8. The number of rotatable bonds is 3. The molecule has 6 nitrogen and oxygen atoms in total. The highest BCUT2D eigenvalue weighted by Crippen LogP contribution is 2.70. The number of carbonyl (C=O) groups is 2. The first-order valence-electron chi connectivity index (χ1n) is 15.4. The highest BCUT2D eigenvalue weighted by molar-refractivity contribution is 5.87. The summed E-state index contributed by atoms with van der Waals surface area (Å²) in [5.74, 6) is 4.31. The second-order valence-electron chi connectivity index (χ2n) is 15.0. The van der Waals surface area contributed by atoms with Crippen LogP contribution < -0.4 is 10.6 Å². The van der Waals surface area contributed by atoms with Crippen molar-refractivity contribution < 1.29 is 14.3 Å². The molecule has 6 rings (SSSR count). The minimum absolute atomic E-state index is 0.141. The highest BCUT2D eigenvalue weighted by atomic mass is 16.5. The molecule has 2 saturated heterocycles. The predicted molar refractivity (Wildman–Crippen MR) is 145 cm³/mol. The Morgan fingerprint density at radius 3 is 2.57 bits per heavy atom. The van der Waals surface area contributed by atoms with E-state index in [9.17, 15) is 9.59 Å². The van der Waals surface area contributed by atoms with Gasteiger partial charge in [0.25, 0.3) is 0 Å². The number of hydrogen-bond donors (Lipinski definition) is 2. The molecular formula is C31H51N3O3. The molecule has 0 aromatic carbocycles. The van der Waals surface area contributed by atoms with Gasteiger partial charge < -0.3 is 15.0 Å². The van der Waals surface area contributed by atoms with Crippen LogP contribution in [0.1, 0.15) is 85.5 Å². The molecule has 12 atom stereocenters. The molecule has 1 unspecified atom stereocenters. The average Bonchev–Trinajstić information content (AvgIpc) is 3.28. The van der Waals surface area contributed by atoms with E-state index in [1.807, 2.05) is 19.0 Å². The largest absolute Gasteiger partial charge is 0.357 e. The van der Waals surface area contributed by atoms with Gasteiger partial charge in [0, 0.05) is 36.3 Å². The number of piperidine rings is 1. The summed E-state index contributed by atoms with van der Waals surface area (Å²) in [6.45, 7) is 11.0. The third-order valence-electron chi connectivity index (χ3n) is 12.8. The summed E-state index contributed by atoms with van der Waals surface area (Å²) in [6, 6.07) is 0.286. The van der Waals surface area contributed by atoms with E-state index in [-0.39, 0.29) is 34.6 Å². The first-order valence-corrected chi connectivity index (χ1v) is 15.4. The Kier molecular flexibility index (Phi) is 6.40. The number of Topliss-reactive ketones (excluding diaryl/α,β-unsaturated/α-hetero) is 1. The molecule has 4 saturated carbocycles. The standard InChI is InChI=1S/C31H51N3O3/c1-18-9-12-31(32-16-18)19(2)28-25(37-31)14-24-22-8-7-20-13-21(33-27(36)17-34(5)6)10-11-29(20,3)23(22)15-26(35)30(24,28)4/h18-25,28,32H,7-17H2,1-6H3,(H,33,36)/t18-,19+,20+,21?,22-,23+,24+,25+,28+,29+,30-,31-/m1/s1. The molecule has 0 bridgehead atoms. The van der Waals surface area contributed by atoms with Crippen LogP contribution in [-0.2, 0) is 14.3 Å². The number of ketones is 1. The van der Waals surface area contributed by atoms with Gasteiger partial charge in [-0.15, -0.1) is 0 Å². The summed E-state index contributed by atoms with van der Waals surface area (Å²) in [4.78, 5) is 28.6. The van der Waals surface area contributed by atoms with Gasteiger partial charge in [-0.2, -0.15) is 0 Å². The summed E-state index contributed by atoms with van der Waals surface area (Å²) in [6.07, 6.45) is 10.1. The lowest BCUT2D eigenvalue weighted by Crippen LogP contribution is -2.60. The molecule has 0 aromatic heterocycles.